The van der Waals surface area contributed by atoms with Crippen molar-refractivity contribution in [3.8, 4) is 11.5 Å². The summed E-state index contributed by atoms with van der Waals surface area (Å²) in [4.78, 5) is 24.1. The van der Waals surface area contributed by atoms with E-state index in [9.17, 15) is 9.59 Å². The molecule has 0 N–H and O–H groups in total. The van der Waals surface area contributed by atoms with Crippen LogP contribution in [0.1, 0.15) is 33.6 Å². The predicted molar refractivity (Wildman–Crippen MR) is 168 cm³/mol. The normalized spacial score (nSPS) is 11.3. The van der Waals surface area contributed by atoms with E-state index in [-0.39, 0.29) is 13.2 Å². The van der Waals surface area contributed by atoms with Crippen molar-refractivity contribution in [3.63, 3.8) is 0 Å². The summed E-state index contributed by atoms with van der Waals surface area (Å²) in [5.74, 6) is 1.29. The predicted octanol–water partition coefficient (Wildman–Crippen LogP) is 4.95. The first-order valence-electron chi connectivity index (χ1n) is 14.6. The van der Waals surface area contributed by atoms with Crippen LogP contribution in [0.15, 0.2) is 104 Å². The van der Waals surface area contributed by atoms with E-state index in [2.05, 4.69) is 20.6 Å². The summed E-state index contributed by atoms with van der Waals surface area (Å²) in [5, 5.41) is 18.5. The van der Waals surface area contributed by atoms with Gasteiger partial charge in [0.25, 0.3) is 0 Å². The molecule has 0 bridgehead atoms. The number of hydrogen-bond donors (Lipinski definition) is 0. The summed E-state index contributed by atoms with van der Waals surface area (Å²) >= 11 is 0. The van der Waals surface area contributed by atoms with Gasteiger partial charge in [0.2, 0.25) is 0 Å². The number of nitrogens with zero attached hydrogens (tertiary/aromatic N) is 6. The third-order valence-corrected chi connectivity index (χ3v) is 7.41. The van der Waals surface area contributed by atoms with Crippen LogP contribution in [0.4, 0.5) is 0 Å². The molecule has 0 spiro atoms. The molecule has 46 heavy (non-hydrogen) atoms. The van der Waals surface area contributed by atoms with Gasteiger partial charge >= 0.3 is 11.3 Å². The molecule has 0 aliphatic carbocycles. The zero-order valence-corrected chi connectivity index (χ0v) is 25.0. The molecule has 0 saturated carbocycles. The number of ether oxygens (including phenoxy) is 2. The van der Waals surface area contributed by atoms with Crippen molar-refractivity contribution in [1.29, 1.82) is 0 Å². The zero-order chi connectivity index (χ0) is 31.6. The van der Waals surface area contributed by atoms with E-state index in [1.54, 1.807) is 21.8 Å². The van der Waals surface area contributed by atoms with Crippen molar-refractivity contribution in [2.45, 2.75) is 40.2 Å². The van der Waals surface area contributed by atoms with Gasteiger partial charge in [-0.2, -0.15) is 0 Å². The summed E-state index contributed by atoms with van der Waals surface area (Å²) in [6, 6.07) is 21.7. The maximum atomic E-state index is 12.1. The highest BCUT2D eigenvalue weighted by molar-refractivity contribution is 5.81. The molecule has 4 aromatic heterocycles. The first kappa shape index (κ1) is 28.7. The average Bonchev–Trinajstić information content (AvgIpc) is 3.68. The minimum absolute atomic E-state index is 0.221. The summed E-state index contributed by atoms with van der Waals surface area (Å²) in [6.45, 7) is 5.09. The number of aromatic nitrogens is 6. The lowest BCUT2D eigenvalue weighted by molar-refractivity contribution is 0.292. The second-order valence-electron chi connectivity index (χ2n) is 11.0. The minimum Gasteiger partial charge on any atom is -0.487 e. The van der Waals surface area contributed by atoms with Crippen molar-refractivity contribution >= 4 is 21.9 Å². The summed E-state index contributed by atoms with van der Waals surface area (Å²) in [6.07, 6.45) is 3.57. The smallest absolute Gasteiger partial charge is 0.336 e. The summed E-state index contributed by atoms with van der Waals surface area (Å²) in [5.41, 5.74) is 5.21. The van der Waals surface area contributed by atoms with Gasteiger partial charge in [-0.15, -0.1) is 10.2 Å². The molecule has 7 aromatic rings. The van der Waals surface area contributed by atoms with Gasteiger partial charge in [0.15, 0.2) is 0 Å². The van der Waals surface area contributed by atoms with E-state index in [4.69, 9.17) is 18.3 Å². The summed E-state index contributed by atoms with van der Waals surface area (Å²) in [7, 11) is 0. The van der Waals surface area contributed by atoms with Crippen LogP contribution in [0.5, 0.6) is 11.5 Å². The van der Waals surface area contributed by atoms with Gasteiger partial charge in [-0.05, 0) is 72.5 Å². The van der Waals surface area contributed by atoms with Crippen LogP contribution in [-0.4, -0.2) is 30.0 Å². The maximum absolute atomic E-state index is 12.1. The van der Waals surface area contributed by atoms with E-state index in [0.29, 0.717) is 47.1 Å². The van der Waals surface area contributed by atoms with Crippen LogP contribution < -0.4 is 20.7 Å². The topological polar surface area (TPSA) is 140 Å². The first-order valence-corrected chi connectivity index (χ1v) is 14.6. The second-order valence-corrected chi connectivity index (χ2v) is 11.0. The van der Waals surface area contributed by atoms with E-state index in [1.165, 1.54) is 12.1 Å². The molecule has 0 fully saturated rings. The molecule has 0 aliphatic rings. The Bertz CT molecular complexity index is 2140. The van der Waals surface area contributed by atoms with Crippen LogP contribution in [0.25, 0.3) is 21.9 Å². The van der Waals surface area contributed by atoms with Gasteiger partial charge < -0.3 is 18.3 Å². The molecule has 0 radical (unpaired) electrons. The van der Waals surface area contributed by atoms with Gasteiger partial charge in [-0.25, -0.2) is 19.0 Å². The number of hydrogen-bond acceptors (Lipinski definition) is 10. The van der Waals surface area contributed by atoms with Crippen LogP contribution in [-0.2, 0) is 26.3 Å². The lowest BCUT2D eigenvalue weighted by Gasteiger charge is -2.07. The fraction of sp³-hybridized carbons (Fsp3) is 0.176. The molecule has 0 aliphatic heterocycles. The Balaban J connectivity index is 0.927. The Morgan fingerprint density at radius 2 is 1.04 bits per heavy atom. The zero-order valence-electron chi connectivity index (χ0n) is 25.0. The monoisotopic (exact) mass is 616 g/mol. The Labute approximate surface area is 261 Å². The van der Waals surface area contributed by atoms with Crippen molar-refractivity contribution in [3.05, 3.63) is 140 Å². The highest BCUT2D eigenvalue weighted by Gasteiger charge is 2.11. The maximum Gasteiger partial charge on any atom is 0.336 e. The Morgan fingerprint density at radius 3 is 1.48 bits per heavy atom. The summed E-state index contributed by atoms with van der Waals surface area (Å²) < 4.78 is 25.8. The van der Waals surface area contributed by atoms with Gasteiger partial charge in [0, 0.05) is 22.9 Å². The van der Waals surface area contributed by atoms with Crippen molar-refractivity contribution < 1.29 is 18.3 Å². The molecule has 4 heterocycles. The molecule has 0 atom stereocenters. The third-order valence-electron chi connectivity index (χ3n) is 7.41. The van der Waals surface area contributed by atoms with Crippen LogP contribution in [0, 0.1) is 13.8 Å². The molecule has 0 amide bonds. The molecule has 7 rings (SSSR count). The molecule has 12 nitrogen and oxygen atoms in total. The molecule has 3 aromatic carbocycles. The van der Waals surface area contributed by atoms with E-state index in [0.717, 1.165) is 33.0 Å². The number of benzene rings is 3. The van der Waals surface area contributed by atoms with E-state index in [1.807, 2.05) is 74.5 Å². The highest BCUT2D eigenvalue weighted by Crippen LogP contribution is 2.22. The van der Waals surface area contributed by atoms with Crippen molar-refractivity contribution in [1.82, 2.24) is 30.0 Å². The van der Waals surface area contributed by atoms with E-state index < -0.39 is 11.3 Å². The Morgan fingerprint density at radius 1 is 0.609 bits per heavy atom. The van der Waals surface area contributed by atoms with Crippen LogP contribution in [0.3, 0.4) is 0 Å². The minimum atomic E-state index is -0.403. The molecule has 230 valence electrons. The Hall–Kier alpha value is -6.04. The van der Waals surface area contributed by atoms with Gasteiger partial charge in [0.1, 0.15) is 47.3 Å². The number of fused-ring (bicyclic) bond motifs is 2. The lowest BCUT2D eigenvalue weighted by atomic mass is 10.1. The first-order chi connectivity index (χ1) is 22.3. The average molecular weight is 617 g/mol. The Kier molecular flexibility index (Phi) is 7.59. The third kappa shape index (κ3) is 6.41. The largest absolute Gasteiger partial charge is 0.487 e. The van der Waals surface area contributed by atoms with E-state index >= 15 is 0 Å². The molecular weight excluding hydrogens is 588 g/mol. The van der Waals surface area contributed by atoms with Gasteiger partial charge in [-0.1, -0.05) is 34.7 Å². The highest BCUT2D eigenvalue weighted by atomic mass is 16.5. The quantitative estimate of drug-likeness (QED) is 0.194. The van der Waals surface area contributed by atoms with Crippen molar-refractivity contribution in [2.24, 2.45) is 0 Å². The standard InChI is InChI=1S/C34H28N6O6/c1-21-3-9-29-23(13-33(41)45-31(29)11-21)15-39-17-25(35-37-39)19-43-27-5-7-28(8-6-27)44-20-26-18-40(38-36-26)16-24-14-34(42)46-32-12-22(2)4-10-30(24)32/h3-14,17-18H,15-16,19-20H2,1-2H3. The number of rotatable bonds is 10. The number of aryl methyl sites for hydroxylation is 2. The second kappa shape index (κ2) is 12.2. The van der Waals surface area contributed by atoms with Gasteiger partial charge in [0.05, 0.1) is 25.5 Å². The van der Waals surface area contributed by atoms with Crippen LogP contribution >= 0.6 is 0 Å². The lowest BCUT2D eigenvalue weighted by Crippen LogP contribution is -2.06. The SMILES string of the molecule is Cc1ccc2c(Cn3cc(COc4ccc(OCc5cn(Cc6cc(=O)oc7cc(C)ccc67)nn5)cc4)nn3)cc(=O)oc2c1. The fourth-order valence-corrected chi connectivity index (χ4v) is 5.20. The molecule has 0 unspecified atom stereocenters. The van der Waals surface area contributed by atoms with Crippen LogP contribution in [0.2, 0.25) is 0 Å². The molecule has 0 saturated heterocycles. The van der Waals surface area contributed by atoms with Crippen molar-refractivity contribution in [2.75, 3.05) is 0 Å². The molecular formula is C34H28N6O6. The fourth-order valence-electron chi connectivity index (χ4n) is 5.20. The molecule has 12 heteroatoms. The van der Waals surface area contributed by atoms with Gasteiger partial charge in [-0.3, -0.25) is 0 Å².